The number of aromatic nitrogens is 3. The number of ether oxygens (including phenoxy) is 2. The van der Waals surface area contributed by atoms with Gasteiger partial charge < -0.3 is 14.8 Å². The molecular formula is C26H34F3N5O5. The first kappa shape index (κ1) is 31.4. The molecule has 39 heavy (non-hydrogen) atoms. The van der Waals surface area contributed by atoms with Gasteiger partial charge in [0, 0.05) is 25.9 Å². The second-order valence-corrected chi connectivity index (χ2v) is 8.93. The van der Waals surface area contributed by atoms with Crippen LogP contribution in [0.15, 0.2) is 33.9 Å². The van der Waals surface area contributed by atoms with Gasteiger partial charge in [0.2, 0.25) is 5.82 Å². The number of alkyl halides is 3. The van der Waals surface area contributed by atoms with Gasteiger partial charge in [-0.15, -0.1) is 5.10 Å². The molecular weight excluding hydrogens is 519 g/mol. The third-order valence-electron chi connectivity index (χ3n) is 5.59. The first-order valence-corrected chi connectivity index (χ1v) is 12.8. The molecule has 1 atom stereocenters. The third-order valence-corrected chi connectivity index (χ3v) is 5.59. The van der Waals surface area contributed by atoms with Gasteiger partial charge in [-0.05, 0) is 50.3 Å². The number of carbonyl (C=O) groups is 1. The highest BCUT2D eigenvalue weighted by atomic mass is 19.4. The predicted molar refractivity (Wildman–Crippen MR) is 137 cm³/mol. The zero-order valence-corrected chi connectivity index (χ0v) is 22.1. The normalized spacial score (nSPS) is 12.0. The lowest BCUT2D eigenvalue weighted by atomic mass is 10.1. The SMILES string of the molecule is CCC(=O)OCC(C)Oc1cccc(CCCCNc2nn(CCC#N)c(=O)n(CCCC(F)(F)F)c2=O)c1. The number of nitriles is 1. The van der Waals surface area contributed by atoms with Gasteiger partial charge in [-0.2, -0.15) is 18.4 Å². The van der Waals surface area contributed by atoms with Crippen molar-refractivity contribution in [2.45, 2.75) is 84.2 Å². The summed E-state index contributed by atoms with van der Waals surface area (Å²) in [4.78, 5) is 36.5. The van der Waals surface area contributed by atoms with Crippen molar-refractivity contribution in [1.82, 2.24) is 14.3 Å². The van der Waals surface area contributed by atoms with Crippen LogP contribution in [0.25, 0.3) is 0 Å². The zero-order valence-electron chi connectivity index (χ0n) is 22.1. The van der Waals surface area contributed by atoms with E-state index in [9.17, 15) is 27.6 Å². The molecule has 1 aromatic heterocycles. The first-order chi connectivity index (χ1) is 18.5. The van der Waals surface area contributed by atoms with Crippen molar-refractivity contribution < 1.29 is 27.4 Å². The summed E-state index contributed by atoms with van der Waals surface area (Å²) >= 11 is 0. The minimum Gasteiger partial charge on any atom is -0.487 e. The fourth-order valence-corrected chi connectivity index (χ4v) is 3.62. The van der Waals surface area contributed by atoms with Gasteiger partial charge in [0.15, 0.2) is 0 Å². The number of anilines is 1. The van der Waals surface area contributed by atoms with Crippen molar-refractivity contribution in [3.8, 4) is 11.8 Å². The highest BCUT2D eigenvalue weighted by molar-refractivity contribution is 5.68. The number of benzene rings is 1. The number of hydrogen-bond acceptors (Lipinski definition) is 8. The van der Waals surface area contributed by atoms with Crippen LogP contribution in [-0.4, -0.2) is 45.7 Å². The van der Waals surface area contributed by atoms with E-state index in [1.165, 1.54) is 0 Å². The minimum absolute atomic E-state index is 0.0431. The molecule has 0 aliphatic rings. The molecule has 0 fully saturated rings. The van der Waals surface area contributed by atoms with Crippen LogP contribution in [0.2, 0.25) is 0 Å². The summed E-state index contributed by atoms with van der Waals surface area (Å²) in [5, 5.41) is 15.7. The maximum absolute atomic E-state index is 12.7. The molecule has 2 aromatic rings. The second-order valence-electron chi connectivity index (χ2n) is 8.93. The number of aryl methyl sites for hydroxylation is 2. The molecule has 1 N–H and O–H groups in total. The molecule has 214 valence electrons. The van der Waals surface area contributed by atoms with E-state index in [0.29, 0.717) is 25.1 Å². The largest absolute Gasteiger partial charge is 0.487 e. The number of rotatable bonds is 16. The van der Waals surface area contributed by atoms with Crippen molar-refractivity contribution in [3.63, 3.8) is 0 Å². The van der Waals surface area contributed by atoms with Crippen molar-refractivity contribution in [2.75, 3.05) is 18.5 Å². The molecule has 10 nitrogen and oxygen atoms in total. The molecule has 1 unspecified atom stereocenters. The Morgan fingerprint density at radius 1 is 1.21 bits per heavy atom. The Morgan fingerprint density at radius 2 is 1.97 bits per heavy atom. The van der Waals surface area contributed by atoms with Gasteiger partial charge in [0.1, 0.15) is 18.5 Å². The second kappa shape index (κ2) is 15.6. The average molecular weight is 554 g/mol. The Balaban J connectivity index is 1.94. The van der Waals surface area contributed by atoms with Crippen LogP contribution in [0.5, 0.6) is 5.75 Å². The molecule has 0 amide bonds. The van der Waals surface area contributed by atoms with Gasteiger partial charge in [0.25, 0.3) is 5.56 Å². The summed E-state index contributed by atoms with van der Waals surface area (Å²) in [5.74, 6) is 0.220. The number of nitrogens with one attached hydrogen (secondary N) is 1. The summed E-state index contributed by atoms with van der Waals surface area (Å²) in [6, 6.07) is 9.41. The topological polar surface area (TPSA) is 128 Å². The van der Waals surface area contributed by atoms with Crippen molar-refractivity contribution in [3.05, 3.63) is 50.7 Å². The van der Waals surface area contributed by atoms with Gasteiger partial charge in [-0.3, -0.25) is 14.2 Å². The molecule has 13 heteroatoms. The number of halogens is 3. The van der Waals surface area contributed by atoms with E-state index >= 15 is 0 Å². The van der Waals surface area contributed by atoms with Gasteiger partial charge in [0.05, 0.1) is 19.0 Å². The summed E-state index contributed by atoms with van der Waals surface area (Å²) < 4.78 is 50.2. The van der Waals surface area contributed by atoms with Crippen LogP contribution in [0.3, 0.4) is 0 Å². The van der Waals surface area contributed by atoms with E-state index in [1.54, 1.807) is 6.92 Å². The van der Waals surface area contributed by atoms with E-state index < -0.39 is 36.8 Å². The van der Waals surface area contributed by atoms with Crippen LogP contribution in [0.4, 0.5) is 19.0 Å². The van der Waals surface area contributed by atoms with Crippen molar-refractivity contribution in [1.29, 1.82) is 5.26 Å². The fraction of sp³-hybridized carbons (Fsp3) is 0.577. The molecule has 0 radical (unpaired) electrons. The number of hydrogen-bond donors (Lipinski definition) is 1. The van der Waals surface area contributed by atoms with Crippen molar-refractivity contribution in [2.24, 2.45) is 0 Å². The van der Waals surface area contributed by atoms with E-state index in [1.807, 2.05) is 37.3 Å². The molecule has 0 aliphatic heterocycles. The van der Waals surface area contributed by atoms with E-state index in [-0.39, 0.29) is 37.5 Å². The van der Waals surface area contributed by atoms with Crippen LogP contribution in [0.1, 0.15) is 57.9 Å². The molecule has 0 aliphatic carbocycles. The molecule has 1 aromatic carbocycles. The van der Waals surface area contributed by atoms with Gasteiger partial charge in [-0.25, -0.2) is 9.48 Å². The van der Waals surface area contributed by atoms with Crippen molar-refractivity contribution >= 4 is 11.8 Å². The van der Waals surface area contributed by atoms with Crippen LogP contribution in [0, 0.1) is 11.3 Å². The van der Waals surface area contributed by atoms with E-state index in [2.05, 4.69) is 10.4 Å². The van der Waals surface area contributed by atoms with E-state index in [0.717, 1.165) is 27.7 Å². The first-order valence-electron chi connectivity index (χ1n) is 12.8. The smallest absolute Gasteiger partial charge is 0.389 e. The van der Waals surface area contributed by atoms with Gasteiger partial charge >= 0.3 is 17.8 Å². The lowest BCUT2D eigenvalue weighted by Crippen LogP contribution is -2.43. The standard InChI is InChI=1S/C26H34F3N5O5/c1-3-22(35)38-18-19(2)39-21-11-6-10-20(17-21)9-4-5-14-31-23-24(36)33(15-7-12-26(27,28)29)25(37)34(32-23)16-8-13-30/h6,10-11,17,19H,3-5,7-9,12,14-16,18H2,1-2H3,(H,31,32). The Morgan fingerprint density at radius 3 is 2.67 bits per heavy atom. The summed E-state index contributed by atoms with van der Waals surface area (Å²) in [7, 11) is 0. The number of esters is 1. The summed E-state index contributed by atoms with van der Waals surface area (Å²) in [5.41, 5.74) is -0.609. The lowest BCUT2D eigenvalue weighted by Gasteiger charge is -2.15. The predicted octanol–water partition coefficient (Wildman–Crippen LogP) is 3.82. The number of nitrogens with zero attached hydrogens (tertiary/aromatic N) is 4. The molecule has 0 saturated heterocycles. The zero-order chi connectivity index (χ0) is 28.8. The van der Waals surface area contributed by atoms with Gasteiger partial charge in [-0.1, -0.05) is 19.1 Å². The molecule has 0 bridgehead atoms. The Kier molecular flexibility index (Phi) is 12.5. The molecule has 0 saturated carbocycles. The van der Waals surface area contributed by atoms with Crippen LogP contribution >= 0.6 is 0 Å². The van der Waals surface area contributed by atoms with E-state index in [4.69, 9.17) is 14.7 Å². The lowest BCUT2D eigenvalue weighted by molar-refractivity contribution is -0.145. The minimum atomic E-state index is -4.40. The average Bonchev–Trinajstić information content (AvgIpc) is 2.89. The molecule has 0 spiro atoms. The molecule has 2 rings (SSSR count). The highest BCUT2D eigenvalue weighted by Crippen LogP contribution is 2.21. The maximum Gasteiger partial charge on any atom is 0.389 e. The Hall–Kier alpha value is -3.82. The number of carbonyl (C=O) groups excluding carboxylic acids is 1. The summed E-state index contributed by atoms with van der Waals surface area (Å²) in [6.45, 7) is 3.54. The monoisotopic (exact) mass is 553 g/mol. The Labute approximate surface area is 224 Å². The van der Waals surface area contributed by atoms with Crippen LogP contribution < -0.4 is 21.3 Å². The fourth-order valence-electron chi connectivity index (χ4n) is 3.62. The highest BCUT2D eigenvalue weighted by Gasteiger charge is 2.26. The quantitative estimate of drug-likeness (QED) is 0.246. The summed E-state index contributed by atoms with van der Waals surface area (Å²) in [6.07, 6.45) is -3.89. The Bertz CT molecular complexity index is 1240. The third kappa shape index (κ3) is 11.2. The van der Waals surface area contributed by atoms with Crippen LogP contribution in [-0.2, 0) is 29.0 Å². The molecule has 1 heterocycles. The maximum atomic E-state index is 12.7. The number of unbranched alkanes of at least 4 members (excludes halogenated alkanes) is 1.